The van der Waals surface area contributed by atoms with E-state index in [1.807, 2.05) is 31.2 Å². The lowest BCUT2D eigenvalue weighted by atomic mass is 10.1. The predicted molar refractivity (Wildman–Crippen MR) is 105 cm³/mol. The summed E-state index contributed by atoms with van der Waals surface area (Å²) in [4.78, 5) is 12.4. The molecule has 2 rings (SSSR count). The molecule has 1 N–H and O–H groups in total. The van der Waals surface area contributed by atoms with E-state index in [-0.39, 0.29) is 29.8 Å². The second-order valence-corrected chi connectivity index (χ2v) is 8.35. The molecule has 0 aliphatic carbocycles. The lowest BCUT2D eigenvalue weighted by molar-refractivity contribution is -0.121. The van der Waals surface area contributed by atoms with Crippen molar-refractivity contribution < 1.29 is 17.9 Å². The van der Waals surface area contributed by atoms with Crippen LogP contribution < -0.4 is 10.1 Å². The molecule has 0 bridgehead atoms. The molecule has 0 aromatic heterocycles. The molecule has 0 saturated heterocycles. The minimum absolute atomic E-state index is 0.108. The molecule has 7 heteroatoms. The smallest absolute Gasteiger partial charge is 0.242 e. The number of nitrogens with one attached hydrogen (secondary N) is 1. The number of methoxy groups -OCH3 is 1. The molecular formula is C20H26N2O4S. The van der Waals surface area contributed by atoms with Gasteiger partial charge in [0.05, 0.1) is 18.0 Å². The number of carbonyl (C=O) groups is 1. The first-order valence-electron chi connectivity index (χ1n) is 8.79. The van der Waals surface area contributed by atoms with E-state index in [1.165, 1.54) is 11.4 Å². The van der Waals surface area contributed by atoms with Crippen molar-refractivity contribution in [2.75, 3.05) is 20.7 Å². The fourth-order valence-electron chi connectivity index (χ4n) is 2.64. The average Bonchev–Trinajstić information content (AvgIpc) is 2.68. The Balaban J connectivity index is 1.81. The Bertz CT molecular complexity index is 836. The summed E-state index contributed by atoms with van der Waals surface area (Å²) in [6, 6.07) is 15.7. The minimum atomic E-state index is -3.52. The fraction of sp³-hybridized carbons (Fsp3) is 0.350. The van der Waals surface area contributed by atoms with Crippen LogP contribution in [0.25, 0.3) is 0 Å². The Kier molecular flexibility index (Phi) is 7.38. The third-order valence-electron chi connectivity index (χ3n) is 4.32. The predicted octanol–water partition coefficient (Wildman–Crippen LogP) is 2.97. The van der Waals surface area contributed by atoms with Crippen molar-refractivity contribution in [3.05, 3.63) is 60.2 Å². The zero-order chi connectivity index (χ0) is 19.9. The quantitative estimate of drug-likeness (QED) is 0.714. The van der Waals surface area contributed by atoms with Gasteiger partial charge in [0.15, 0.2) is 0 Å². The number of hydrogen-bond donors (Lipinski definition) is 1. The van der Waals surface area contributed by atoms with E-state index in [0.29, 0.717) is 6.42 Å². The highest BCUT2D eigenvalue weighted by Crippen LogP contribution is 2.18. The normalized spacial score (nSPS) is 12.6. The maximum absolute atomic E-state index is 12.4. The molecule has 0 fully saturated rings. The van der Waals surface area contributed by atoms with Gasteiger partial charge in [0.1, 0.15) is 5.75 Å². The minimum Gasteiger partial charge on any atom is -0.497 e. The van der Waals surface area contributed by atoms with Crippen molar-refractivity contribution in [1.29, 1.82) is 0 Å². The Labute approximate surface area is 161 Å². The molecule has 0 radical (unpaired) electrons. The van der Waals surface area contributed by atoms with Crippen molar-refractivity contribution in [1.82, 2.24) is 9.62 Å². The zero-order valence-corrected chi connectivity index (χ0v) is 16.7. The van der Waals surface area contributed by atoms with Gasteiger partial charge in [0.25, 0.3) is 0 Å². The molecule has 0 saturated carbocycles. The van der Waals surface area contributed by atoms with E-state index in [9.17, 15) is 13.2 Å². The Morgan fingerprint density at radius 3 is 2.33 bits per heavy atom. The van der Waals surface area contributed by atoms with E-state index in [1.54, 1.807) is 37.4 Å². The van der Waals surface area contributed by atoms with Gasteiger partial charge in [-0.15, -0.1) is 0 Å². The first kappa shape index (κ1) is 20.9. The monoisotopic (exact) mass is 390 g/mol. The van der Waals surface area contributed by atoms with Crippen molar-refractivity contribution in [2.24, 2.45) is 0 Å². The van der Waals surface area contributed by atoms with Crippen LogP contribution in [-0.2, 0) is 14.8 Å². The standard InChI is InChI=1S/C20H26N2O4S/c1-16(17-11-13-18(26-3)14-12-17)21-20(23)10-7-15-22(2)27(24,25)19-8-5-4-6-9-19/h4-6,8-9,11-14,16H,7,10,15H2,1-3H3,(H,21,23)/t16-/m0/s1. The van der Waals surface area contributed by atoms with Crippen molar-refractivity contribution in [3.63, 3.8) is 0 Å². The van der Waals surface area contributed by atoms with Crippen LogP contribution >= 0.6 is 0 Å². The summed E-state index contributed by atoms with van der Waals surface area (Å²) in [5.74, 6) is 0.656. The van der Waals surface area contributed by atoms with Gasteiger partial charge < -0.3 is 10.1 Å². The summed E-state index contributed by atoms with van der Waals surface area (Å²) in [5.41, 5.74) is 0.980. The molecule has 0 spiro atoms. The van der Waals surface area contributed by atoms with E-state index >= 15 is 0 Å². The van der Waals surface area contributed by atoms with Gasteiger partial charge in [-0.3, -0.25) is 4.79 Å². The fourth-order valence-corrected chi connectivity index (χ4v) is 3.87. The van der Waals surface area contributed by atoms with Gasteiger partial charge in [-0.05, 0) is 43.2 Å². The summed E-state index contributed by atoms with van der Waals surface area (Å²) in [6.07, 6.45) is 0.707. The van der Waals surface area contributed by atoms with Gasteiger partial charge in [-0.1, -0.05) is 30.3 Å². The molecular weight excluding hydrogens is 364 g/mol. The number of ether oxygens (including phenoxy) is 1. The van der Waals surface area contributed by atoms with Crippen LogP contribution in [-0.4, -0.2) is 39.3 Å². The second-order valence-electron chi connectivity index (χ2n) is 6.31. The molecule has 6 nitrogen and oxygen atoms in total. The van der Waals surface area contributed by atoms with Crippen LogP contribution in [0, 0.1) is 0 Å². The highest BCUT2D eigenvalue weighted by Gasteiger charge is 2.20. The van der Waals surface area contributed by atoms with Crippen molar-refractivity contribution >= 4 is 15.9 Å². The van der Waals surface area contributed by atoms with Gasteiger partial charge in [0.2, 0.25) is 15.9 Å². The summed E-state index contributed by atoms with van der Waals surface area (Å²) in [5, 5.41) is 2.93. The largest absolute Gasteiger partial charge is 0.497 e. The number of benzene rings is 2. The van der Waals surface area contributed by atoms with E-state index in [2.05, 4.69) is 5.32 Å². The second kappa shape index (κ2) is 9.53. The first-order chi connectivity index (χ1) is 12.8. The topological polar surface area (TPSA) is 75.7 Å². The van der Waals surface area contributed by atoms with Gasteiger partial charge in [-0.2, -0.15) is 0 Å². The molecule has 2 aromatic rings. The van der Waals surface area contributed by atoms with Crippen LogP contribution in [0.3, 0.4) is 0 Å². The summed E-state index contributed by atoms with van der Waals surface area (Å²) in [6.45, 7) is 2.19. The molecule has 0 unspecified atom stereocenters. The zero-order valence-electron chi connectivity index (χ0n) is 15.9. The van der Waals surface area contributed by atoms with Gasteiger partial charge in [0, 0.05) is 20.0 Å². The van der Waals surface area contributed by atoms with Crippen molar-refractivity contribution in [2.45, 2.75) is 30.7 Å². The Morgan fingerprint density at radius 2 is 1.74 bits per heavy atom. The number of amides is 1. The van der Waals surface area contributed by atoms with Crippen LogP contribution in [0.2, 0.25) is 0 Å². The molecule has 27 heavy (non-hydrogen) atoms. The summed E-state index contributed by atoms with van der Waals surface area (Å²) < 4.78 is 31.3. The molecule has 1 atom stereocenters. The van der Waals surface area contributed by atoms with Crippen LogP contribution in [0.4, 0.5) is 0 Å². The first-order valence-corrected chi connectivity index (χ1v) is 10.2. The molecule has 2 aromatic carbocycles. The van der Waals surface area contributed by atoms with E-state index in [4.69, 9.17) is 4.74 Å². The summed E-state index contributed by atoms with van der Waals surface area (Å²) >= 11 is 0. The molecule has 0 aliphatic rings. The number of rotatable bonds is 9. The number of hydrogen-bond acceptors (Lipinski definition) is 4. The third-order valence-corrected chi connectivity index (χ3v) is 6.19. The highest BCUT2D eigenvalue weighted by molar-refractivity contribution is 7.89. The van der Waals surface area contributed by atoms with Crippen LogP contribution in [0.15, 0.2) is 59.5 Å². The van der Waals surface area contributed by atoms with Gasteiger partial charge >= 0.3 is 0 Å². The molecule has 1 amide bonds. The van der Waals surface area contributed by atoms with E-state index < -0.39 is 10.0 Å². The Morgan fingerprint density at radius 1 is 1.11 bits per heavy atom. The molecule has 146 valence electrons. The highest BCUT2D eigenvalue weighted by atomic mass is 32.2. The molecule has 0 aliphatic heterocycles. The Hall–Kier alpha value is -2.38. The number of sulfonamides is 1. The van der Waals surface area contributed by atoms with Crippen LogP contribution in [0.1, 0.15) is 31.4 Å². The van der Waals surface area contributed by atoms with Crippen LogP contribution in [0.5, 0.6) is 5.75 Å². The number of nitrogens with zero attached hydrogens (tertiary/aromatic N) is 1. The van der Waals surface area contributed by atoms with Crippen molar-refractivity contribution in [3.8, 4) is 5.75 Å². The summed E-state index contributed by atoms with van der Waals surface area (Å²) in [7, 11) is -0.385. The lowest BCUT2D eigenvalue weighted by Crippen LogP contribution is -2.30. The maximum atomic E-state index is 12.4. The SMILES string of the molecule is COc1ccc([C@H](C)NC(=O)CCCN(C)S(=O)(=O)c2ccccc2)cc1. The maximum Gasteiger partial charge on any atom is 0.242 e. The average molecular weight is 391 g/mol. The van der Waals surface area contributed by atoms with E-state index in [0.717, 1.165) is 11.3 Å². The number of carbonyl (C=O) groups excluding carboxylic acids is 1. The lowest BCUT2D eigenvalue weighted by Gasteiger charge is -2.18. The third kappa shape index (κ3) is 5.80. The van der Waals surface area contributed by atoms with Gasteiger partial charge in [-0.25, -0.2) is 12.7 Å². The molecule has 0 heterocycles.